The molecule has 327 valence electrons. The second-order valence-electron chi connectivity index (χ2n) is 13.7. The first kappa shape index (κ1) is 53.0. The molecule has 6 unspecified atom stereocenters. The first-order chi connectivity index (χ1) is 27.1. The molecule has 12 N–H and O–H groups in total. The van der Waals surface area contributed by atoms with E-state index in [1.54, 1.807) is 18.2 Å². The molecular formula is C35H57GdN7O15+3. The number of carboxylic acid groups (broad SMARTS) is 3. The summed E-state index contributed by atoms with van der Waals surface area (Å²) in [4.78, 5) is 84.9. The fourth-order valence-corrected chi connectivity index (χ4v) is 6.09. The Kier molecular flexibility index (Phi) is 25.9. The number of carbonyl (C=O) groups is 6. The van der Waals surface area contributed by atoms with E-state index in [-0.39, 0.29) is 137 Å². The molecule has 23 heteroatoms. The van der Waals surface area contributed by atoms with Gasteiger partial charge in [-0.1, -0.05) is 6.07 Å². The van der Waals surface area contributed by atoms with Gasteiger partial charge in [-0.2, -0.15) is 0 Å². The number of nitrogens with zero attached hydrogens (tertiary/aromatic N) is 4. The molecule has 1 aliphatic rings. The molecule has 1 aromatic rings. The van der Waals surface area contributed by atoms with Gasteiger partial charge in [0.05, 0.1) is 49.5 Å². The Hall–Kier alpha value is -3.07. The Labute approximate surface area is 367 Å². The predicted octanol–water partition coefficient (Wildman–Crippen LogP) is -4.89. The number of aliphatic hydroxyl groups is 6. The third-order valence-corrected chi connectivity index (χ3v) is 9.29. The maximum absolute atomic E-state index is 12.8. The van der Waals surface area contributed by atoms with Crippen LogP contribution >= 0.6 is 0 Å². The van der Waals surface area contributed by atoms with Gasteiger partial charge in [0.15, 0.2) is 0 Å². The second kappa shape index (κ2) is 28.4. The van der Waals surface area contributed by atoms with Gasteiger partial charge in [0.1, 0.15) is 18.1 Å². The molecule has 1 aliphatic heterocycles. The average Bonchev–Trinajstić information content (AvgIpc) is 3.17. The largest absolute Gasteiger partial charge is 3.00 e. The Morgan fingerprint density at radius 1 is 0.552 bits per heavy atom. The first-order valence-electron chi connectivity index (χ1n) is 18.6. The Bertz CT molecular complexity index is 1390. The van der Waals surface area contributed by atoms with Crippen LogP contribution in [0.3, 0.4) is 0 Å². The van der Waals surface area contributed by atoms with Crippen LogP contribution in [0, 0.1) is 39.9 Å². The van der Waals surface area contributed by atoms with E-state index in [9.17, 15) is 59.4 Å². The van der Waals surface area contributed by atoms with E-state index in [2.05, 4.69) is 20.9 Å². The molecule has 0 saturated heterocycles. The SMILES string of the molecule is O=C(CCC(C(=O)O)N1CCN(C(CCC(=O)NCC(O)CO)C(=O)O)Cc2cccc(n2)CN(C(CCC(=O)NCC(O)CO)C(=O)O)CC1)NCC(O)CO.[Gd+3]. The first-order valence-corrected chi connectivity index (χ1v) is 18.6. The molecule has 0 spiro atoms. The fraction of sp³-hybridized carbons (Fsp3) is 0.686. The van der Waals surface area contributed by atoms with Gasteiger partial charge >= 0.3 is 57.8 Å². The number of hydrogen-bond acceptors (Lipinski definition) is 16. The molecule has 6 atom stereocenters. The molecule has 22 nitrogen and oxygen atoms in total. The number of aromatic nitrogens is 1. The third-order valence-electron chi connectivity index (χ3n) is 9.29. The summed E-state index contributed by atoms with van der Waals surface area (Å²) in [6, 6.07) is 0.996. The van der Waals surface area contributed by atoms with E-state index in [0.717, 1.165) is 0 Å². The zero-order chi connectivity index (χ0) is 42.5. The van der Waals surface area contributed by atoms with Gasteiger partial charge in [0.25, 0.3) is 0 Å². The molecule has 1 aromatic heterocycles. The van der Waals surface area contributed by atoms with E-state index < -0.39 is 91.9 Å². The molecule has 2 heterocycles. The van der Waals surface area contributed by atoms with Crippen LogP contribution in [0.2, 0.25) is 0 Å². The van der Waals surface area contributed by atoms with Crippen molar-refractivity contribution < 1.29 is 115 Å². The summed E-state index contributed by atoms with van der Waals surface area (Å²) in [5, 5.41) is 94.1. The molecule has 2 bridgehead atoms. The van der Waals surface area contributed by atoms with E-state index in [4.69, 9.17) is 15.3 Å². The van der Waals surface area contributed by atoms with Gasteiger partial charge in [-0.05, 0) is 31.4 Å². The minimum Gasteiger partial charge on any atom is -0.480 e. The van der Waals surface area contributed by atoms with E-state index >= 15 is 0 Å². The minimum absolute atomic E-state index is 0. The predicted molar refractivity (Wildman–Crippen MR) is 197 cm³/mol. The summed E-state index contributed by atoms with van der Waals surface area (Å²) >= 11 is 0. The van der Waals surface area contributed by atoms with Gasteiger partial charge in [0, 0.05) is 78.2 Å². The standard InChI is InChI=1S/C35H57N7O15.Gd/c43-19-24(46)14-36-30(49)7-4-27(33(52)53)40-10-12-41(28(34(54)55)5-8-31(50)37-15-25(47)20-44)17-22-2-1-3-23(39-22)18-42(13-11-40)29(35(56)57)6-9-32(51)38-16-26(48)21-45;/h1-3,24-29,43-48H,4-21H2,(H,36,49)(H,37,50)(H,38,51)(H,52,53)(H,54,55)(H,56,57);/q;+3. The number of aliphatic carboxylic acids is 3. The van der Waals surface area contributed by atoms with Gasteiger partial charge < -0.3 is 61.9 Å². The van der Waals surface area contributed by atoms with Crippen LogP contribution in [0.15, 0.2) is 18.2 Å². The third kappa shape index (κ3) is 19.8. The van der Waals surface area contributed by atoms with Gasteiger partial charge in [-0.3, -0.25) is 48.5 Å². The maximum Gasteiger partial charge on any atom is 3.00 e. The van der Waals surface area contributed by atoms with Gasteiger partial charge in [-0.15, -0.1) is 0 Å². The molecule has 0 aromatic carbocycles. The summed E-state index contributed by atoms with van der Waals surface area (Å²) in [6.07, 6.45) is -5.14. The molecule has 1 radical (unpaired) electrons. The number of rotatable bonds is 24. The maximum atomic E-state index is 12.8. The molecule has 0 saturated carbocycles. The molecule has 3 amide bonds. The van der Waals surface area contributed by atoms with Crippen LogP contribution in [0.4, 0.5) is 0 Å². The number of hydrogen-bond donors (Lipinski definition) is 12. The number of carboxylic acids is 3. The quantitative estimate of drug-likeness (QED) is 0.0462. The van der Waals surface area contributed by atoms with Crippen molar-refractivity contribution in [2.24, 2.45) is 0 Å². The summed E-state index contributed by atoms with van der Waals surface area (Å²) in [5.74, 6) is -5.65. The van der Waals surface area contributed by atoms with Crippen molar-refractivity contribution >= 4 is 35.6 Å². The number of carbonyl (C=O) groups excluding carboxylic acids is 3. The van der Waals surface area contributed by atoms with E-state index in [1.165, 1.54) is 14.7 Å². The molecule has 2 rings (SSSR count). The fourth-order valence-electron chi connectivity index (χ4n) is 6.09. The van der Waals surface area contributed by atoms with Crippen molar-refractivity contribution in [3.05, 3.63) is 29.6 Å². The van der Waals surface area contributed by atoms with Crippen LogP contribution in [0.5, 0.6) is 0 Å². The normalized spacial score (nSPS) is 17.4. The van der Waals surface area contributed by atoms with Crippen molar-refractivity contribution in [1.82, 2.24) is 35.6 Å². The Balaban J connectivity index is 0.0000168. The van der Waals surface area contributed by atoms with Crippen molar-refractivity contribution in [2.75, 3.05) is 65.6 Å². The Morgan fingerprint density at radius 2 is 0.845 bits per heavy atom. The monoisotopic (exact) mass is 973 g/mol. The van der Waals surface area contributed by atoms with Crippen molar-refractivity contribution in [1.29, 1.82) is 0 Å². The topological polar surface area (TPSA) is 343 Å². The van der Waals surface area contributed by atoms with Crippen molar-refractivity contribution in [3.63, 3.8) is 0 Å². The number of nitrogens with one attached hydrogen (secondary N) is 3. The molecule has 58 heavy (non-hydrogen) atoms. The van der Waals surface area contributed by atoms with Crippen LogP contribution < -0.4 is 16.0 Å². The molecule has 0 aliphatic carbocycles. The van der Waals surface area contributed by atoms with Crippen molar-refractivity contribution in [2.45, 2.75) is 88.1 Å². The summed E-state index contributed by atoms with van der Waals surface area (Å²) in [5.41, 5.74) is 0.762. The van der Waals surface area contributed by atoms with Gasteiger partial charge in [-0.25, -0.2) is 0 Å². The number of amides is 3. The van der Waals surface area contributed by atoms with Crippen molar-refractivity contribution in [3.8, 4) is 0 Å². The smallest absolute Gasteiger partial charge is 0.480 e. The van der Waals surface area contributed by atoms with E-state index in [0.29, 0.717) is 11.4 Å². The second-order valence-corrected chi connectivity index (χ2v) is 13.7. The number of pyridine rings is 1. The zero-order valence-electron chi connectivity index (χ0n) is 32.0. The molecule has 0 fully saturated rings. The number of aliphatic hydroxyl groups excluding tert-OH is 6. The van der Waals surface area contributed by atoms with E-state index in [1.807, 2.05) is 0 Å². The summed E-state index contributed by atoms with van der Waals surface area (Å²) in [6.45, 7) is -3.13. The summed E-state index contributed by atoms with van der Waals surface area (Å²) < 4.78 is 0. The van der Waals surface area contributed by atoms with Crippen LogP contribution in [-0.4, -0.2) is 203 Å². The van der Waals surface area contributed by atoms with Crippen LogP contribution in [0.25, 0.3) is 0 Å². The number of fused-ring (bicyclic) bond motifs is 2. The van der Waals surface area contributed by atoms with Crippen LogP contribution in [0.1, 0.15) is 49.9 Å². The Morgan fingerprint density at radius 3 is 1.14 bits per heavy atom. The minimum atomic E-state index is -1.35. The average molecular weight is 973 g/mol. The van der Waals surface area contributed by atoms with Gasteiger partial charge in [0.2, 0.25) is 17.7 Å². The zero-order valence-corrected chi connectivity index (χ0v) is 34.3. The van der Waals surface area contributed by atoms with Crippen LogP contribution in [-0.2, 0) is 41.9 Å². The summed E-state index contributed by atoms with van der Waals surface area (Å²) in [7, 11) is 0. The molecular weight excluding hydrogens is 916 g/mol.